The van der Waals surface area contributed by atoms with Gasteiger partial charge in [-0.1, -0.05) is 58.8 Å². The van der Waals surface area contributed by atoms with E-state index in [1.165, 1.54) is 23.1 Å². The monoisotopic (exact) mass is 568 g/mol. The summed E-state index contributed by atoms with van der Waals surface area (Å²) in [6, 6.07) is 18.9. The van der Waals surface area contributed by atoms with E-state index in [1.807, 2.05) is 49.5 Å². The molecule has 2 heterocycles. The molecule has 0 saturated carbocycles. The summed E-state index contributed by atoms with van der Waals surface area (Å²) in [6.07, 6.45) is 2.02. The van der Waals surface area contributed by atoms with E-state index in [-0.39, 0.29) is 17.6 Å². The molecule has 10 heteroatoms. The number of benzene rings is 3. The molecule has 0 aliphatic heterocycles. The number of carbonyl (C=O) groups excluding carboxylic acids is 2. The maximum absolute atomic E-state index is 12.7. The van der Waals surface area contributed by atoms with Gasteiger partial charge in [0.2, 0.25) is 5.91 Å². The minimum Gasteiger partial charge on any atom is -0.350 e. The molecule has 5 aromatic rings. The van der Waals surface area contributed by atoms with Gasteiger partial charge in [0.1, 0.15) is 0 Å². The number of aromatic nitrogens is 2. The second kappa shape index (κ2) is 11.1. The van der Waals surface area contributed by atoms with Crippen LogP contribution in [0.4, 0.5) is 5.13 Å². The molecule has 0 fully saturated rings. The Kier molecular flexibility index (Phi) is 7.71. The Balaban J connectivity index is 1.22. The van der Waals surface area contributed by atoms with Gasteiger partial charge < -0.3 is 15.2 Å². The van der Waals surface area contributed by atoms with Gasteiger partial charge in [-0.05, 0) is 48.9 Å². The van der Waals surface area contributed by atoms with E-state index in [0.29, 0.717) is 33.8 Å². The summed E-state index contributed by atoms with van der Waals surface area (Å²) in [5.41, 5.74) is 3.46. The lowest BCUT2D eigenvalue weighted by atomic mass is 10.2. The number of amides is 2. The lowest BCUT2D eigenvalue weighted by Gasteiger charge is -2.09. The van der Waals surface area contributed by atoms with E-state index in [4.69, 9.17) is 23.2 Å². The van der Waals surface area contributed by atoms with E-state index in [9.17, 15) is 9.59 Å². The Morgan fingerprint density at radius 1 is 1.08 bits per heavy atom. The number of fused-ring (bicyclic) bond motifs is 2. The Labute approximate surface area is 232 Å². The van der Waals surface area contributed by atoms with Crippen molar-refractivity contribution in [1.29, 1.82) is 0 Å². The molecule has 3 aromatic carbocycles. The lowest BCUT2D eigenvalue weighted by Crippen LogP contribution is -2.27. The first-order valence-electron chi connectivity index (χ1n) is 11.5. The number of carbonyl (C=O) groups is 2. The highest BCUT2D eigenvalue weighted by Crippen LogP contribution is 2.31. The van der Waals surface area contributed by atoms with Crippen molar-refractivity contribution in [3.63, 3.8) is 0 Å². The van der Waals surface area contributed by atoms with Crippen LogP contribution in [-0.4, -0.2) is 33.7 Å². The third kappa shape index (κ3) is 5.93. The summed E-state index contributed by atoms with van der Waals surface area (Å²) >= 11 is 15.0. The van der Waals surface area contributed by atoms with Crippen molar-refractivity contribution in [1.82, 2.24) is 14.9 Å². The highest BCUT2D eigenvalue weighted by Gasteiger charge is 2.14. The van der Waals surface area contributed by atoms with Crippen LogP contribution in [0.15, 0.2) is 71.8 Å². The largest absolute Gasteiger partial charge is 0.350 e. The van der Waals surface area contributed by atoms with E-state index in [0.717, 1.165) is 31.6 Å². The molecule has 6 nitrogen and oxygen atoms in total. The van der Waals surface area contributed by atoms with Gasteiger partial charge in [0.05, 0.1) is 26.6 Å². The molecule has 0 aliphatic carbocycles. The molecule has 2 aromatic heterocycles. The van der Waals surface area contributed by atoms with Crippen LogP contribution >= 0.6 is 46.3 Å². The summed E-state index contributed by atoms with van der Waals surface area (Å²) in [7, 11) is 0. The number of nitrogens with one attached hydrogen (secondary N) is 2. The van der Waals surface area contributed by atoms with E-state index in [1.54, 1.807) is 18.2 Å². The topological polar surface area (TPSA) is 76.0 Å². The van der Waals surface area contributed by atoms with Crippen molar-refractivity contribution >= 4 is 84.4 Å². The number of para-hydroxylation sites is 1. The fourth-order valence-electron chi connectivity index (χ4n) is 3.96. The number of aryl methyl sites for hydroxylation is 1. The minimum absolute atomic E-state index is 0.107. The number of nitrogens with zero attached hydrogens (tertiary/aromatic N) is 2. The molecule has 0 saturated heterocycles. The molecule has 188 valence electrons. The first-order valence-corrected chi connectivity index (χ1v) is 14.0. The second-order valence-electron chi connectivity index (χ2n) is 8.41. The van der Waals surface area contributed by atoms with Gasteiger partial charge in [-0.15, -0.1) is 11.8 Å². The fourth-order valence-corrected chi connectivity index (χ4v) is 6.32. The number of hydrogen-bond acceptors (Lipinski definition) is 5. The van der Waals surface area contributed by atoms with Gasteiger partial charge in [-0.25, -0.2) is 4.98 Å². The highest BCUT2D eigenvalue weighted by molar-refractivity contribution is 8.00. The third-order valence-electron chi connectivity index (χ3n) is 5.72. The van der Waals surface area contributed by atoms with Crippen molar-refractivity contribution < 1.29 is 9.59 Å². The van der Waals surface area contributed by atoms with Crippen LogP contribution in [0.2, 0.25) is 10.0 Å². The molecular weight excluding hydrogens is 547 g/mol. The van der Waals surface area contributed by atoms with Gasteiger partial charge in [-0.2, -0.15) is 0 Å². The predicted octanol–water partition coefficient (Wildman–Crippen LogP) is 7.03. The van der Waals surface area contributed by atoms with Crippen molar-refractivity contribution in [2.75, 3.05) is 17.6 Å². The standard InChI is InChI=1S/C27H22Cl2N4O2S2/c1-16-6-9-21-23(12-16)37-27(31-21)32-25(34)15-36-24-14-33(22-5-3-2-4-19(22)24)11-10-30-26(35)18-8-7-17(28)13-20(18)29/h2-9,12-14H,10-11,15H2,1H3,(H,30,35)(H,31,32,34). The summed E-state index contributed by atoms with van der Waals surface area (Å²) in [5.74, 6) is -0.103. The Morgan fingerprint density at radius 2 is 1.92 bits per heavy atom. The van der Waals surface area contributed by atoms with Gasteiger partial charge in [0.15, 0.2) is 5.13 Å². The van der Waals surface area contributed by atoms with Gasteiger partial charge in [-0.3, -0.25) is 9.59 Å². The zero-order chi connectivity index (χ0) is 25.9. The van der Waals surface area contributed by atoms with Crippen LogP contribution < -0.4 is 10.6 Å². The molecule has 0 spiro atoms. The molecule has 0 bridgehead atoms. The molecule has 2 amide bonds. The third-order valence-corrected chi connectivity index (χ3v) is 8.24. The minimum atomic E-state index is -0.255. The zero-order valence-electron chi connectivity index (χ0n) is 19.8. The van der Waals surface area contributed by atoms with E-state index in [2.05, 4.69) is 26.3 Å². The summed E-state index contributed by atoms with van der Waals surface area (Å²) < 4.78 is 3.13. The Morgan fingerprint density at radius 3 is 2.76 bits per heavy atom. The van der Waals surface area contributed by atoms with E-state index < -0.39 is 0 Å². The van der Waals surface area contributed by atoms with Crippen molar-refractivity contribution in [2.24, 2.45) is 0 Å². The SMILES string of the molecule is Cc1ccc2nc(NC(=O)CSc3cn(CCNC(=O)c4ccc(Cl)cc4Cl)c4ccccc34)sc2c1. The first-order chi connectivity index (χ1) is 17.9. The quantitative estimate of drug-likeness (QED) is 0.197. The van der Waals surface area contributed by atoms with Crippen LogP contribution in [0.25, 0.3) is 21.1 Å². The smallest absolute Gasteiger partial charge is 0.252 e. The van der Waals surface area contributed by atoms with Crippen molar-refractivity contribution in [2.45, 2.75) is 18.4 Å². The number of thiazole rings is 1. The Bertz CT molecular complexity index is 1630. The number of rotatable bonds is 8. The van der Waals surface area contributed by atoms with Crippen molar-refractivity contribution in [3.8, 4) is 0 Å². The first kappa shape index (κ1) is 25.6. The van der Waals surface area contributed by atoms with Crippen LogP contribution in [0, 0.1) is 6.92 Å². The predicted molar refractivity (Wildman–Crippen MR) is 154 cm³/mol. The second-order valence-corrected chi connectivity index (χ2v) is 11.3. The molecule has 2 N–H and O–H groups in total. The zero-order valence-corrected chi connectivity index (χ0v) is 22.9. The van der Waals surface area contributed by atoms with Gasteiger partial charge in [0, 0.05) is 40.1 Å². The van der Waals surface area contributed by atoms with Gasteiger partial charge in [0.25, 0.3) is 5.91 Å². The van der Waals surface area contributed by atoms with E-state index >= 15 is 0 Å². The maximum Gasteiger partial charge on any atom is 0.252 e. The van der Waals surface area contributed by atoms with Crippen LogP contribution in [0.3, 0.4) is 0 Å². The summed E-state index contributed by atoms with van der Waals surface area (Å²) in [6.45, 7) is 3.02. The number of anilines is 1. The average Bonchev–Trinajstić information content (AvgIpc) is 3.43. The van der Waals surface area contributed by atoms with Crippen molar-refractivity contribution in [3.05, 3.63) is 88.0 Å². The molecule has 0 aliphatic rings. The number of halogens is 2. The molecule has 0 atom stereocenters. The molecule has 0 unspecified atom stereocenters. The maximum atomic E-state index is 12.7. The number of thioether (sulfide) groups is 1. The number of hydrogen-bond donors (Lipinski definition) is 2. The van der Waals surface area contributed by atoms with Crippen LogP contribution in [0.1, 0.15) is 15.9 Å². The summed E-state index contributed by atoms with van der Waals surface area (Å²) in [5, 5.41) is 8.29. The fraction of sp³-hybridized carbons (Fsp3) is 0.148. The lowest BCUT2D eigenvalue weighted by molar-refractivity contribution is -0.113. The average molecular weight is 570 g/mol. The molecular formula is C27H22Cl2N4O2S2. The van der Waals surface area contributed by atoms with Crippen LogP contribution in [0.5, 0.6) is 0 Å². The Hall–Kier alpha value is -3.04. The van der Waals surface area contributed by atoms with Gasteiger partial charge >= 0.3 is 0 Å². The molecule has 37 heavy (non-hydrogen) atoms. The molecule has 5 rings (SSSR count). The van der Waals surface area contributed by atoms with Crippen LogP contribution in [-0.2, 0) is 11.3 Å². The normalized spacial score (nSPS) is 11.2. The molecule has 0 radical (unpaired) electrons. The highest BCUT2D eigenvalue weighted by atomic mass is 35.5. The summed E-state index contributed by atoms with van der Waals surface area (Å²) in [4.78, 5) is 30.7.